The van der Waals surface area contributed by atoms with Gasteiger partial charge in [-0.2, -0.15) is 0 Å². The number of carbonyl (C=O) groups is 2. The Balaban J connectivity index is 1.35. The van der Waals surface area contributed by atoms with E-state index in [-0.39, 0.29) is 24.2 Å². The number of Topliss-reactive ketones (excluding diaryl/α,β-unsaturated/α-hetero) is 1. The zero-order valence-corrected chi connectivity index (χ0v) is 17.7. The van der Waals surface area contributed by atoms with Crippen LogP contribution in [0.15, 0.2) is 24.3 Å². The summed E-state index contributed by atoms with van der Waals surface area (Å²) in [6.07, 6.45) is 7.07. The molecule has 1 unspecified atom stereocenters. The Morgan fingerprint density at radius 3 is 2.70 bits per heavy atom. The first-order valence-corrected chi connectivity index (χ1v) is 11.1. The summed E-state index contributed by atoms with van der Waals surface area (Å²) in [7, 11) is 0. The van der Waals surface area contributed by atoms with E-state index >= 15 is 0 Å². The molecule has 2 aliphatic heterocycles. The Hall–Kier alpha value is -2.70. The lowest BCUT2D eigenvalue weighted by Gasteiger charge is -2.32. The Labute approximate surface area is 177 Å². The standard InChI is InChI=1S/C23H30N4O3/c1-2-20(28)17-9-11-19(12-10-17)30-16-22(29)26-13-6-7-18(15-26)23-25-24-21-8-4-3-5-14-27(21)23/h9-12,18H,2-8,13-16H2,1H3. The van der Waals surface area contributed by atoms with Crippen molar-refractivity contribution in [2.75, 3.05) is 19.7 Å². The van der Waals surface area contributed by atoms with Gasteiger partial charge in [-0.3, -0.25) is 9.59 Å². The van der Waals surface area contributed by atoms with Crippen LogP contribution in [0.3, 0.4) is 0 Å². The number of aromatic nitrogens is 3. The second kappa shape index (κ2) is 9.41. The summed E-state index contributed by atoms with van der Waals surface area (Å²) in [5.74, 6) is 3.07. The van der Waals surface area contributed by atoms with E-state index in [1.54, 1.807) is 24.3 Å². The van der Waals surface area contributed by atoms with E-state index in [1.807, 2.05) is 11.8 Å². The topological polar surface area (TPSA) is 77.3 Å². The lowest BCUT2D eigenvalue weighted by atomic mass is 9.97. The van der Waals surface area contributed by atoms with Crippen molar-refractivity contribution in [1.82, 2.24) is 19.7 Å². The molecule has 0 bridgehead atoms. The van der Waals surface area contributed by atoms with Gasteiger partial charge in [-0.1, -0.05) is 13.3 Å². The maximum Gasteiger partial charge on any atom is 0.260 e. The fourth-order valence-corrected chi connectivity index (χ4v) is 4.40. The highest BCUT2D eigenvalue weighted by Crippen LogP contribution is 2.28. The summed E-state index contributed by atoms with van der Waals surface area (Å²) in [6, 6.07) is 7.00. The van der Waals surface area contributed by atoms with Crippen LogP contribution < -0.4 is 4.74 Å². The van der Waals surface area contributed by atoms with E-state index in [1.165, 1.54) is 19.3 Å². The van der Waals surface area contributed by atoms with Crippen LogP contribution in [0.2, 0.25) is 0 Å². The number of rotatable bonds is 6. The average molecular weight is 411 g/mol. The normalized spacial score (nSPS) is 19.1. The van der Waals surface area contributed by atoms with Crippen molar-refractivity contribution in [2.24, 2.45) is 0 Å². The van der Waals surface area contributed by atoms with Crippen molar-refractivity contribution >= 4 is 11.7 Å². The smallest absolute Gasteiger partial charge is 0.260 e. The number of hydrogen-bond acceptors (Lipinski definition) is 5. The molecule has 7 heteroatoms. The van der Waals surface area contributed by atoms with Crippen LogP contribution >= 0.6 is 0 Å². The number of ketones is 1. The first-order valence-electron chi connectivity index (χ1n) is 11.1. The van der Waals surface area contributed by atoms with Crippen LogP contribution in [0.1, 0.15) is 73.4 Å². The van der Waals surface area contributed by atoms with Crippen molar-refractivity contribution < 1.29 is 14.3 Å². The largest absolute Gasteiger partial charge is 0.484 e. The molecule has 2 aliphatic rings. The van der Waals surface area contributed by atoms with Gasteiger partial charge < -0.3 is 14.2 Å². The van der Waals surface area contributed by atoms with Crippen molar-refractivity contribution in [2.45, 2.75) is 64.3 Å². The van der Waals surface area contributed by atoms with E-state index in [0.29, 0.717) is 24.3 Å². The fraction of sp³-hybridized carbons (Fsp3) is 0.565. The highest BCUT2D eigenvalue weighted by molar-refractivity contribution is 5.95. The molecular formula is C23H30N4O3. The molecule has 1 aromatic heterocycles. The second-order valence-electron chi connectivity index (χ2n) is 8.21. The number of likely N-dealkylation sites (tertiary alicyclic amines) is 1. The molecule has 1 saturated heterocycles. The van der Waals surface area contributed by atoms with E-state index in [2.05, 4.69) is 14.8 Å². The van der Waals surface area contributed by atoms with Crippen LogP contribution in [-0.4, -0.2) is 51.1 Å². The minimum absolute atomic E-state index is 0.00569. The van der Waals surface area contributed by atoms with Gasteiger partial charge in [0.25, 0.3) is 5.91 Å². The van der Waals surface area contributed by atoms with Crippen molar-refractivity contribution in [1.29, 1.82) is 0 Å². The monoisotopic (exact) mass is 410 g/mol. The molecule has 30 heavy (non-hydrogen) atoms. The molecule has 0 aliphatic carbocycles. The minimum Gasteiger partial charge on any atom is -0.484 e. The van der Waals surface area contributed by atoms with Crippen molar-refractivity contribution in [3.63, 3.8) is 0 Å². The molecular weight excluding hydrogens is 380 g/mol. The van der Waals surface area contributed by atoms with E-state index in [4.69, 9.17) is 4.74 Å². The number of hydrogen-bond donors (Lipinski definition) is 0. The summed E-state index contributed by atoms with van der Waals surface area (Å²) >= 11 is 0. The highest BCUT2D eigenvalue weighted by atomic mass is 16.5. The number of amides is 1. The summed E-state index contributed by atoms with van der Waals surface area (Å²) in [5, 5.41) is 8.92. The van der Waals surface area contributed by atoms with Gasteiger partial charge in [0.05, 0.1) is 0 Å². The Kier molecular flexibility index (Phi) is 6.45. The predicted molar refractivity (Wildman–Crippen MR) is 113 cm³/mol. The quantitative estimate of drug-likeness (QED) is 0.682. The maximum atomic E-state index is 12.8. The molecule has 4 rings (SSSR count). The molecule has 0 spiro atoms. The third-order valence-corrected chi connectivity index (χ3v) is 6.14. The first kappa shape index (κ1) is 20.6. The van der Waals surface area contributed by atoms with Crippen LogP contribution in [0.5, 0.6) is 5.75 Å². The third-order valence-electron chi connectivity index (χ3n) is 6.14. The summed E-state index contributed by atoms with van der Waals surface area (Å²) in [4.78, 5) is 26.4. The summed E-state index contributed by atoms with van der Waals surface area (Å²) in [5.41, 5.74) is 0.669. The number of aryl methyl sites for hydroxylation is 1. The third kappa shape index (κ3) is 4.55. The molecule has 1 aromatic carbocycles. The molecule has 2 aromatic rings. The zero-order valence-electron chi connectivity index (χ0n) is 17.7. The molecule has 0 saturated carbocycles. The fourth-order valence-electron chi connectivity index (χ4n) is 4.40. The number of carbonyl (C=O) groups excluding carboxylic acids is 2. The number of nitrogens with zero attached hydrogens (tertiary/aromatic N) is 4. The average Bonchev–Trinajstić information content (AvgIpc) is 3.05. The lowest BCUT2D eigenvalue weighted by Crippen LogP contribution is -2.42. The molecule has 7 nitrogen and oxygen atoms in total. The van der Waals surface area contributed by atoms with Gasteiger partial charge in [0.2, 0.25) is 0 Å². The number of ether oxygens (including phenoxy) is 1. The second-order valence-corrected chi connectivity index (χ2v) is 8.21. The van der Waals surface area contributed by atoms with Crippen LogP contribution in [0.4, 0.5) is 0 Å². The summed E-state index contributed by atoms with van der Waals surface area (Å²) in [6.45, 7) is 4.26. The van der Waals surface area contributed by atoms with Crippen LogP contribution in [0.25, 0.3) is 0 Å². The summed E-state index contributed by atoms with van der Waals surface area (Å²) < 4.78 is 7.98. The predicted octanol–water partition coefficient (Wildman–Crippen LogP) is 3.38. The molecule has 1 atom stereocenters. The number of benzene rings is 1. The van der Waals surface area contributed by atoms with Gasteiger partial charge in [0.1, 0.15) is 17.4 Å². The Morgan fingerprint density at radius 2 is 1.90 bits per heavy atom. The van der Waals surface area contributed by atoms with E-state index in [0.717, 1.165) is 44.0 Å². The Morgan fingerprint density at radius 1 is 1.07 bits per heavy atom. The molecule has 3 heterocycles. The molecule has 160 valence electrons. The first-order chi connectivity index (χ1) is 14.7. The van der Waals surface area contributed by atoms with Gasteiger partial charge >= 0.3 is 0 Å². The minimum atomic E-state index is -0.0102. The van der Waals surface area contributed by atoms with Gasteiger partial charge in [-0.25, -0.2) is 0 Å². The maximum absolute atomic E-state index is 12.8. The lowest BCUT2D eigenvalue weighted by molar-refractivity contribution is -0.134. The van der Waals surface area contributed by atoms with Gasteiger partial charge in [0, 0.05) is 44.0 Å². The zero-order chi connectivity index (χ0) is 20.9. The number of fused-ring (bicyclic) bond motifs is 1. The SMILES string of the molecule is CCC(=O)c1ccc(OCC(=O)N2CCCC(c3nnc4n3CCCCC4)C2)cc1. The van der Waals surface area contributed by atoms with Crippen LogP contribution in [0, 0.1) is 0 Å². The van der Waals surface area contributed by atoms with E-state index < -0.39 is 0 Å². The molecule has 0 radical (unpaired) electrons. The van der Waals surface area contributed by atoms with Gasteiger partial charge in [-0.05, 0) is 49.9 Å². The molecule has 1 fully saturated rings. The van der Waals surface area contributed by atoms with E-state index in [9.17, 15) is 9.59 Å². The Bertz CT molecular complexity index is 890. The molecule has 0 N–H and O–H groups in total. The number of piperidine rings is 1. The van der Waals surface area contributed by atoms with Crippen LogP contribution in [-0.2, 0) is 17.8 Å². The van der Waals surface area contributed by atoms with Crippen molar-refractivity contribution in [3.8, 4) is 5.75 Å². The highest BCUT2D eigenvalue weighted by Gasteiger charge is 2.29. The molecule has 1 amide bonds. The van der Waals surface area contributed by atoms with Gasteiger partial charge in [0.15, 0.2) is 12.4 Å². The van der Waals surface area contributed by atoms with Crippen molar-refractivity contribution in [3.05, 3.63) is 41.5 Å². The van der Waals surface area contributed by atoms with Gasteiger partial charge in [-0.15, -0.1) is 10.2 Å².